The number of rotatable bonds is 7. The second-order valence-corrected chi connectivity index (χ2v) is 8.50. The fourth-order valence-electron chi connectivity index (χ4n) is 4.47. The molecule has 4 rings (SSSR count). The minimum absolute atomic E-state index is 0.256. The summed E-state index contributed by atoms with van der Waals surface area (Å²) in [6.45, 7) is 0. The Morgan fingerprint density at radius 2 is 1.64 bits per heavy atom. The van der Waals surface area contributed by atoms with Crippen LogP contribution in [0.1, 0.15) is 33.4 Å². The van der Waals surface area contributed by atoms with E-state index in [1.807, 2.05) is 6.07 Å². The molecule has 1 aliphatic rings. The van der Waals surface area contributed by atoms with Crippen LogP contribution in [-0.2, 0) is 4.79 Å². The number of hydrogen-bond donors (Lipinski definition) is 1. The van der Waals surface area contributed by atoms with Gasteiger partial charge in [-0.2, -0.15) is 0 Å². The van der Waals surface area contributed by atoms with Gasteiger partial charge >= 0.3 is 0 Å². The predicted octanol–water partition coefficient (Wildman–Crippen LogP) is 4.32. The van der Waals surface area contributed by atoms with Crippen LogP contribution in [0.15, 0.2) is 48.8 Å². The van der Waals surface area contributed by atoms with Gasteiger partial charge in [0.25, 0.3) is 5.91 Å². The lowest BCUT2D eigenvalue weighted by atomic mass is 9.79. The molecule has 0 spiro atoms. The van der Waals surface area contributed by atoms with Crippen molar-refractivity contribution in [2.45, 2.75) is 12.0 Å². The number of methoxy groups -OCH3 is 4. The molecule has 9 nitrogen and oxygen atoms in total. The molecule has 10 heteroatoms. The van der Waals surface area contributed by atoms with Gasteiger partial charge in [-0.1, -0.05) is 17.7 Å². The molecule has 2 aromatic carbocycles. The zero-order valence-electron chi connectivity index (χ0n) is 20.5. The van der Waals surface area contributed by atoms with Crippen LogP contribution < -0.4 is 24.3 Å². The molecule has 0 fully saturated rings. The SMILES string of the molecule is COc1cc(OC)c(NC(=O)[C@@H]2c3cc(OC)c(OC)cc3C(=O)N(C)[C@H]2c2cccnc2)cc1Cl. The van der Waals surface area contributed by atoms with Gasteiger partial charge in [0.05, 0.1) is 51.1 Å². The molecular formula is C26H26ClN3O6. The van der Waals surface area contributed by atoms with Crippen LogP contribution in [-0.4, -0.2) is 57.2 Å². The Bertz CT molecular complexity index is 1300. The monoisotopic (exact) mass is 511 g/mol. The summed E-state index contributed by atoms with van der Waals surface area (Å²) in [6.07, 6.45) is 3.28. The van der Waals surface area contributed by atoms with Crippen LogP contribution in [0.2, 0.25) is 5.02 Å². The van der Waals surface area contributed by atoms with Gasteiger partial charge in [-0.25, -0.2) is 0 Å². The highest BCUT2D eigenvalue weighted by molar-refractivity contribution is 6.32. The van der Waals surface area contributed by atoms with E-state index >= 15 is 0 Å². The van der Waals surface area contributed by atoms with Crippen LogP contribution in [0.4, 0.5) is 5.69 Å². The van der Waals surface area contributed by atoms with Crippen molar-refractivity contribution in [3.8, 4) is 23.0 Å². The molecule has 2 amide bonds. The van der Waals surface area contributed by atoms with Gasteiger partial charge in [0, 0.05) is 31.1 Å². The summed E-state index contributed by atoms with van der Waals surface area (Å²) in [7, 11) is 7.62. The molecule has 2 heterocycles. The van der Waals surface area contributed by atoms with E-state index in [9.17, 15) is 9.59 Å². The number of benzene rings is 2. The van der Waals surface area contributed by atoms with E-state index in [1.54, 1.807) is 49.8 Å². The number of anilines is 1. The number of ether oxygens (including phenoxy) is 4. The Morgan fingerprint density at radius 3 is 2.25 bits per heavy atom. The molecule has 0 aliphatic carbocycles. The number of nitrogens with zero attached hydrogens (tertiary/aromatic N) is 2. The Morgan fingerprint density at radius 1 is 0.972 bits per heavy atom. The van der Waals surface area contributed by atoms with E-state index in [0.717, 1.165) is 0 Å². The molecular weight excluding hydrogens is 486 g/mol. The Hall–Kier alpha value is -3.98. The first-order valence-corrected chi connectivity index (χ1v) is 11.4. The lowest BCUT2D eigenvalue weighted by Crippen LogP contribution is -2.44. The zero-order chi connectivity index (χ0) is 26.0. The Kier molecular flexibility index (Phi) is 7.21. The minimum Gasteiger partial charge on any atom is -0.495 e. The summed E-state index contributed by atoms with van der Waals surface area (Å²) in [4.78, 5) is 33.2. The normalized spacial score (nSPS) is 16.7. The topological polar surface area (TPSA) is 99.2 Å². The second kappa shape index (κ2) is 10.3. The summed E-state index contributed by atoms with van der Waals surface area (Å²) in [5.41, 5.74) is 1.91. The lowest BCUT2D eigenvalue weighted by Gasteiger charge is -2.40. The fraction of sp³-hybridized carbons (Fsp3) is 0.269. The summed E-state index contributed by atoms with van der Waals surface area (Å²) >= 11 is 6.33. The summed E-state index contributed by atoms with van der Waals surface area (Å²) in [5, 5.41) is 3.24. The molecule has 0 saturated carbocycles. The van der Waals surface area contributed by atoms with Crippen molar-refractivity contribution in [1.29, 1.82) is 0 Å². The molecule has 1 aliphatic heterocycles. The van der Waals surface area contributed by atoms with Crippen molar-refractivity contribution in [3.63, 3.8) is 0 Å². The lowest BCUT2D eigenvalue weighted by molar-refractivity contribution is -0.119. The zero-order valence-corrected chi connectivity index (χ0v) is 21.3. The maximum absolute atomic E-state index is 14.0. The number of carbonyl (C=O) groups excluding carboxylic acids is 2. The standard InChI is InChI=1S/C26H26ClN3O6/c1-30-24(14-7-6-8-28-13-14)23(15-9-21(35-4)22(36-5)10-16(15)26(30)32)25(31)29-18-11-17(27)19(33-2)12-20(18)34-3/h6-13,23-24H,1-5H3,(H,29,31)/t23-,24+/m1/s1. The molecule has 1 N–H and O–H groups in total. The molecule has 0 bridgehead atoms. The Balaban J connectivity index is 1.88. The molecule has 0 unspecified atom stereocenters. The number of likely N-dealkylation sites (N-methyl/N-ethyl adjacent to an activating group) is 1. The number of nitrogens with one attached hydrogen (secondary N) is 1. The van der Waals surface area contributed by atoms with Crippen LogP contribution in [0.5, 0.6) is 23.0 Å². The van der Waals surface area contributed by atoms with Crippen molar-refractivity contribution in [2.75, 3.05) is 40.8 Å². The van der Waals surface area contributed by atoms with Crippen molar-refractivity contribution in [1.82, 2.24) is 9.88 Å². The smallest absolute Gasteiger partial charge is 0.254 e. The first-order chi connectivity index (χ1) is 17.3. The first kappa shape index (κ1) is 25.1. The number of aromatic nitrogens is 1. The molecule has 1 aromatic heterocycles. The van der Waals surface area contributed by atoms with Gasteiger partial charge in [0.15, 0.2) is 11.5 Å². The minimum atomic E-state index is -0.822. The van der Waals surface area contributed by atoms with Crippen LogP contribution in [0.3, 0.4) is 0 Å². The Labute approximate surface area is 213 Å². The maximum atomic E-state index is 14.0. The average molecular weight is 512 g/mol. The van der Waals surface area contributed by atoms with Gasteiger partial charge in [-0.3, -0.25) is 14.6 Å². The van der Waals surface area contributed by atoms with Crippen LogP contribution in [0, 0.1) is 0 Å². The third-order valence-corrected chi connectivity index (χ3v) is 6.51. The van der Waals surface area contributed by atoms with Crippen molar-refractivity contribution >= 4 is 29.1 Å². The first-order valence-electron chi connectivity index (χ1n) is 11.0. The maximum Gasteiger partial charge on any atom is 0.254 e. The van der Waals surface area contributed by atoms with Crippen molar-refractivity contribution < 1.29 is 28.5 Å². The van der Waals surface area contributed by atoms with E-state index in [-0.39, 0.29) is 11.8 Å². The quantitative estimate of drug-likeness (QED) is 0.504. The van der Waals surface area contributed by atoms with Gasteiger partial charge < -0.3 is 29.2 Å². The highest BCUT2D eigenvalue weighted by atomic mass is 35.5. The predicted molar refractivity (Wildman–Crippen MR) is 135 cm³/mol. The third kappa shape index (κ3) is 4.37. The van der Waals surface area contributed by atoms with E-state index in [4.69, 9.17) is 30.5 Å². The number of amides is 2. The highest BCUT2D eigenvalue weighted by Crippen LogP contribution is 2.46. The number of carbonyl (C=O) groups is 2. The number of hydrogen-bond acceptors (Lipinski definition) is 7. The van der Waals surface area contributed by atoms with E-state index in [2.05, 4.69) is 10.3 Å². The van der Waals surface area contributed by atoms with Gasteiger partial charge in [0.2, 0.25) is 5.91 Å². The van der Waals surface area contributed by atoms with Crippen molar-refractivity contribution in [3.05, 3.63) is 70.5 Å². The molecule has 2 atom stereocenters. The van der Waals surface area contributed by atoms with Crippen molar-refractivity contribution in [2.24, 2.45) is 0 Å². The largest absolute Gasteiger partial charge is 0.495 e. The van der Waals surface area contributed by atoms with Gasteiger partial charge in [0.1, 0.15) is 11.5 Å². The molecule has 36 heavy (non-hydrogen) atoms. The molecule has 0 saturated heterocycles. The third-order valence-electron chi connectivity index (χ3n) is 6.21. The number of pyridine rings is 1. The average Bonchev–Trinajstić information content (AvgIpc) is 2.90. The molecule has 3 aromatic rings. The second-order valence-electron chi connectivity index (χ2n) is 8.10. The summed E-state index contributed by atoms with van der Waals surface area (Å²) in [6, 6.07) is 9.37. The van der Waals surface area contributed by atoms with E-state index in [1.165, 1.54) is 33.3 Å². The molecule has 0 radical (unpaired) electrons. The van der Waals surface area contributed by atoms with Crippen LogP contribution in [0.25, 0.3) is 0 Å². The number of fused-ring (bicyclic) bond motifs is 1. The summed E-state index contributed by atoms with van der Waals surface area (Å²) in [5.74, 6) is 0.115. The number of halogens is 1. The summed E-state index contributed by atoms with van der Waals surface area (Å²) < 4.78 is 21.6. The molecule has 188 valence electrons. The van der Waals surface area contributed by atoms with E-state index in [0.29, 0.717) is 50.4 Å². The fourth-order valence-corrected chi connectivity index (χ4v) is 4.71. The highest BCUT2D eigenvalue weighted by Gasteiger charge is 2.44. The van der Waals surface area contributed by atoms with Gasteiger partial charge in [-0.05, 0) is 35.4 Å². The van der Waals surface area contributed by atoms with E-state index < -0.39 is 12.0 Å². The van der Waals surface area contributed by atoms with Crippen LogP contribution >= 0.6 is 11.6 Å². The van der Waals surface area contributed by atoms with Gasteiger partial charge in [-0.15, -0.1) is 0 Å².